The van der Waals surface area contributed by atoms with E-state index >= 15 is 0 Å². The van der Waals surface area contributed by atoms with E-state index in [0.29, 0.717) is 16.7 Å². The zero-order valence-electron chi connectivity index (χ0n) is 16.2. The third-order valence-electron chi connectivity index (χ3n) is 4.09. The minimum absolute atomic E-state index is 0.0401. The van der Waals surface area contributed by atoms with E-state index in [4.69, 9.17) is 23.2 Å². The highest BCUT2D eigenvalue weighted by Gasteiger charge is 2.33. The predicted octanol–water partition coefficient (Wildman–Crippen LogP) is 4.23. The number of nitrogens with zero attached hydrogens (tertiary/aromatic N) is 1. The van der Waals surface area contributed by atoms with Gasteiger partial charge in [-0.25, -0.2) is 0 Å². The molecule has 0 atom stereocenters. The molecule has 0 aromatic heterocycles. The topological polar surface area (TPSA) is 78.5 Å². The molecule has 11 heteroatoms. The lowest BCUT2D eigenvalue weighted by Crippen LogP contribution is -2.37. The van der Waals surface area contributed by atoms with E-state index in [2.05, 4.69) is 10.6 Å². The van der Waals surface area contributed by atoms with Crippen molar-refractivity contribution in [3.63, 3.8) is 0 Å². The van der Waals surface area contributed by atoms with Gasteiger partial charge in [-0.1, -0.05) is 23.2 Å². The third kappa shape index (κ3) is 7.45. The fourth-order valence-corrected chi connectivity index (χ4v) is 2.85. The van der Waals surface area contributed by atoms with Crippen molar-refractivity contribution in [1.82, 2.24) is 10.2 Å². The van der Waals surface area contributed by atoms with Crippen LogP contribution in [0.2, 0.25) is 10.0 Å². The van der Waals surface area contributed by atoms with Gasteiger partial charge in [-0.3, -0.25) is 14.4 Å². The third-order valence-corrected chi connectivity index (χ3v) is 4.67. The monoisotopic (exact) mass is 475 g/mol. The number of amides is 3. The second-order valence-corrected chi connectivity index (χ2v) is 7.35. The summed E-state index contributed by atoms with van der Waals surface area (Å²) in [5, 5.41) is 4.87. The van der Waals surface area contributed by atoms with Crippen LogP contribution in [0.15, 0.2) is 42.5 Å². The highest BCUT2D eigenvalue weighted by Crippen LogP contribution is 2.36. The fraction of sp³-hybridized carbons (Fsp3) is 0.250. The van der Waals surface area contributed by atoms with Gasteiger partial charge in [-0.15, -0.1) is 0 Å². The van der Waals surface area contributed by atoms with Gasteiger partial charge in [0.15, 0.2) is 0 Å². The van der Waals surface area contributed by atoms with Gasteiger partial charge >= 0.3 is 6.18 Å². The molecule has 166 valence electrons. The normalized spacial score (nSPS) is 11.0. The number of likely N-dealkylation sites (N-methyl/N-ethyl adjacent to an activating group) is 1. The van der Waals surface area contributed by atoms with Gasteiger partial charge in [0.25, 0.3) is 5.91 Å². The maximum atomic E-state index is 12.9. The van der Waals surface area contributed by atoms with Crippen LogP contribution in [0.5, 0.6) is 0 Å². The molecule has 2 aromatic rings. The van der Waals surface area contributed by atoms with Crippen molar-refractivity contribution in [1.29, 1.82) is 0 Å². The number of alkyl halides is 3. The van der Waals surface area contributed by atoms with Gasteiger partial charge in [-0.2, -0.15) is 13.2 Å². The molecule has 6 nitrogen and oxygen atoms in total. The molecular formula is C20H18Cl2F3N3O3. The zero-order chi connectivity index (χ0) is 23.2. The Hall–Kier alpha value is -2.78. The lowest BCUT2D eigenvalue weighted by atomic mass is 10.2. The van der Waals surface area contributed by atoms with Crippen molar-refractivity contribution in [2.45, 2.75) is 12.6 Å². The van der Waals surface area contributed by atoms with Crippen molar-refractivity contribution in [2.24, 2.45) is 0 Å². The number of hydrogen-bond donors (Lipinski definition) is 2. The number of nitrogens with one attached hydrogen (secondary N) is 2. The van der Waals surface area contributed by atoms with Gasteiger partial charge in [-0.05, 0) is 42.5 Å². The number of benzene rings is 2. The number of anilines is 1. The van der Waals surface area contributed by atoms with Gasteiger partial charge in [0.2, 0.25) is 11.8 Å². The Balaban J connectivity index is 1.82. The Kier molecular flexibility index (Phi) is 8.29. The molecule has 0 heterocycles. The van der Waals surface area contributed by atoms with E-state index in [0.717, 1.165) is 11.0 Å². The largest absolute Gasteiger partial charge is 0.417 e. The van der Waals surface area contributed by atoms with E-state index < -0.39 is 28.6 Å². The Bertz CT molecular complexity index is 966. The molecule has 0 aliphatic rings. The average molecular weight is 476 g/mol. The van der Waals surface area contributed by atoms with Gasteiger partial charge < -0.3 is 15.5 Å². The summed E-state index contributed by atoms with van der Waals surface area (Å²) in [5.41, 5.74) is -0.795. The number of rotatable bonds is 7. The summed E-state index contributed by atoms with van der Waals surface area (Å²) in [5.74, 6) is -1.50. The quantitative estimate of drug-likeness (QED) is 0.628. The minimum atomic E-state index is -4.67. The van der Waals surface area contributed by atoms with Crippen molar-refractivity contribution in [2.75, 3.05) is 25.5 Å². The highest BCUT2D eigenvalue weighted by molar-refractivity contribution is 6.31. The average Bonchev–Trinajstić information content (AvgIpc) is 2.68. The number of carbonyl (C=O) groups excluding carboxylic acids is 3. The first-order valence-electron chi connectivity index (χ1n) is 8.91. The van der Waals surface area contributed by atoms with Crippen molar-refractivity contribution in [3.05, 3.63) is 63.6 Å². The summed E-state index contributed by atoms with van der Waals surface area (Å²) < 4.78 is 38.7. The molecule has 31 heavy (non-hydrogen) atoms. The molecule has 0 fully saturated rings. The number of carbonyl (C=O) groups is 3. The SMILES string of the molecule is CN(CC(=O)Nc1ccc(Cl)c(C(F)(F)F)c1)C(=O)CCNC(=O)c1ccc(Cl)cc1. The Morgan fingerprint density at radius 2 is 1.68 bits per heavy atom. The first-order valence-corrected chi connectivity index (χ1v) is 9.67. The molecule has 2 aromatic carbocycles. The Morgan fingerprint density at radius 3 is 2.29 bits per heavy atom. The van der Waals surface area contributed by atoms with Crippen LogP contribution in [0.25, 0.3) is 0 Å². The van der Waals surface area contributed by atoms with E-state index in [9.17, 15) is 27.6 Å². The fourth-order valence-electron chi connectivity index (χ4n) is 2.50. The molecule has 2 rings (SSSR count). The second-order valence-electron chi connectivity index (χ2n) is 6.50. The van der Waals surface area contributed by atoms with E-state index in [1.165, 1.54) is 25.2 Å². The minimum Gasteiger partial charge on any atom is -0.352 e. The lowest BCUT2D eigenvalue weighted by molar-refractivity contribution is -0.137. The Labute approximate surface area is 186 Å². The van der Waals surface area contributed by atoms with E-state index in [-0.39, 0.29) is 31.1 Å². The van der Waals surface area contributed by atoms with Crippen molar-refractivity contribution >= 4 is 46.6 Å². The molecule has 0 bridgehead atoms. The number of halogens is 5. The van der Waals surface area contributed by atoms with E-state index in [1.807, 2.05) is 0 Å². The van der Waals surface area contributed by atoms with Gasteiger partial charge in [0.1, 0.15) is 0 Å². The number of hydrogen-bond acceptors (Lipinski definition) is 3. The van der Waals surface area contributed by atoms with Gasteiger partial charge in [0, 0.05) is 36.3 Å². The molecular weight excluding hydrogens is 458 g/mol. The highest BCUT2D eigenvalue weighted by atomic mass is 35.5. The molecule has 3 amide bonds. The first-order chi connectivity index (χ1) is 14.5. The lowest BCUT2D eigenvalue weighted by Gasteiger charge is -2.17. The van der Waals surface area contributed by atoms with Crippen LogP contribution in [-0.2, 0) is 15.8 Å². The molecule has 0 saturated carbocycles. The predicted molar refractivity (Wildman–Crippen MR) is 111 cm³/mol. The maximum absolute atomic E-state index is 12.9. The van der Waals surface area contributed by atoms with Gasteiger partial charge in [0.05, 0.1) is 17.1 Å². The van der Waals surface area contributed by atoms with Crippen LogP contribution in [0.4, 0.5) is 18.9 Å². The van der Waals surface area contributed by atoms with Crippen LogP contribution in [0.1, 0.15) is 22.3 Å². The summed E-state index contributed by atoms with van der Waals surface area (Å²) in [6.07, 6.45) is -4.73. The summed E-state index contributed by atoms with van der Waals surface area (Å²) in [7, 11) is 1.37. The van der Waals surface area contributed by atoms with E-state index in [1.54, 1.807) is 12.1 Å². The Morgan fingerprint density at radius 1 is 1.03 bits per heavy atom. The molecule has 0 saturated heterocycles. The summed E-state index contributed by atoms with van der Waals surface area (Å²) >= 11 is 11.3. The van der Waals surface area contributed by atoms with Crippen LogP contribution < -0.4 is 10.6 Å². The van der Waals surface area contributed by atoms with Crippen LogP contribution in [0, 0.1) is 0 Å². The molecule has 0 radical (unpaired) electrons. The van der Waals surface area contributed by atoms with Crippen LogP contribution in [-0.4, -0.2) is 42.8 Å². The van der Waals surface area contributed by atoms with Crippen LogP contribution >= 0.6 is 23.2 Å². The first kappa shape index (κ1) is 24.5. The zero-order valence-corrected chi connectivity index (χ0v) is 17.7. The molecule has 0 aliphatic heterocycles. The van der Waals surface area contributed by atoms with Crippen molar-refractivity contribution in [3.8, 4) is 0 Å². The summed E-state index contributed by atoms with van der Waals surface area (Å²) in [6.45, 7) is -0.341. The summed E-state index contributed by atoms with van der Waals surface area (Å²) in [6, 6.07) is 9.17. The van der Waals surface area contributed by atoms with Crippen molar-refractivity contribution < 1.29 is 27.6 Å². The smallest absolute Gasteiger partial charge is 0.352 e. The second kappa shape index (κ2) is 10.5. The molecule has 0 spiro atoms. The molecule has 0 unspecified atom stereocenters. The molecule has 2 N–H and O–H groups in total. The maximum Gasteiger partial charge on any atom is 0.417 e. The van der Waals surface area contributed by atoms with Crippen LogP contribution in [0.3, 0.4) is 0 Å². The standard InChI is InChI=1S/C20H18Cl2F3N3O3/c1-28(18(30)8-9-26-19(31)12-2-4-13(21)5-3-12)11-17(29)27-14-6-7-16(22)15(10-14)20(23,24)25/h2-7,10H,8-9,11H2,1H3,(H,26,31)(H,27,29). The summed E-state index contributed by atoms with van der Waals surface area (Å²) in [4.78, 5) is 37.3. The molecule has 0 aliphatic carbocycles.